The van der Waals surface area contributed by atoms with Gasteiger partial charge in [0.2, 0.25) is 11.8 Å². The molecular formula is C23H43N3O9S2. The number of hydrogen-bond donors (Lipinski definition) is 4. The smallest absolute Gasteiger partial charge is 0.246 e. The van der Waals surface area contributed by atoms with Crippen molar-refractivity contribution in [2.24, 2.45) is 11.7 Å². The van der Waals surface area contributed by atoms with Crippen molar-refractivity contribution in [1.29, 1.82) is 0 Å². The van der Waals surface area contributed by atoms with Crippen molar-refractivity contribution in [3.05, 3.63) is 0 Å². The van der Waals surface area contributed by atoms with E-state index in [1.165, 1.54) is 0 Å². The minimum atomic E-state index is -0.482. The second-order valence-corrected chi connectivity index (χ2v) is 9.61. The number of Topliss-reactive ketones (excluding diaryl/α,β-unsaturated/α-hetero) is 1. The summed E-state index contributed by atoms with van der Waals surface area (Å²) in [5, 5.41) is 5.64. The van der Waals surface area contributed by atoms with Crippen molar-refractivity contribution in [3.8, 4) is 0 Å². The number of thiol groups is 1. The van der Waals surface area contributed by atoms with Crippen molar-refractivity contribution < 1.29 is 42.8 Å². The summed E-state index contributed by atoms with van der Waals surface area (Å²) >= 11 is 5.64. The Kier molecular flexibility index (Phi) is 22.2. The first kappa shape index (κ1) is 34.1. The number of carbonyl (C=O) groups excluding carboxylic acids is 3. The number of nitrogens with one attached hydrogen (secondary N) is 2. The minimum Gasteiger partial charge on any atom is -0.378 e. The zero-order valence-corrected chi connectivity index (χ0v) is 23.2. The average molecular weight is 570 g/mol. The van der Waals surface area contributed by atoms with Crippen LogP contribution in [0.4, 0.5) is 0 Å². The number of thioether (sulfide) groups is 1. The van der Waals surface area contributed by atoms with Crippen molar-refractivity contribution in [2.45, 2.75) is 12.5 Å². The predicted molar refractivity (Wildman–Crippen MR) is 143 cm³/mol. The molecule has 0 aromatic carbocycles. The molecule has 1 saturated heterocycles. The van der Waals surface area contributed by atoms with E-state index in [0.717, 1.165) is 5.75 Å². The monoisotopic (exact) mass is 569 g/mol. The highest BCUT2D eigenvalue weighted by Gasteiger charge is 2.24. The second-order valence-electron chi connectivity index (χ2n) is 8.01. The van der Waals surface area contributed by atoms with Crippen LogP contribution in [0.15, 0.2) is 0 Å². The van der Waals surface area contributed by atoms with E-state index in [1.54, 1.807) is 11.8 Å². The average Bonchev–Trinajstić information content (AvgIpc) is 2.97. The van der Waals surface area contributed by atoms with Gasteiger partial charge in [0.15, 0.2) is 5.78 Å². The summed E-state index contributed by atoms with van der Waals surface area (Å²) in [4.78, 5) is 35.4. The number of nitrogens with two attached hydrogens (primary N) is 1. The van der Waals surface area contributed by atoms with Crippen molar-refractivity contribution in [3.63, 3.8) is 0 Å². The molecule has 0 aliphatic carbocycles. The van der Waals surface area contributed by atoms with Crippen molar-refractivity contribution >= 4 is 42.0 Å². The molecule has 1 heterocycles. The Morgan fingerprint density at radius 3 is 2.16 bits per heavy atom. The molecule has 2 unspecified atom stereocenters. The van der Waals surface area contributed by atoms with Gasteiger partial charge in [-0.05, 0) is 12.2 Å². The van der Waals surface area contributed by atoms with Crippen molar-refractivity contribution in [2.75, 3.05) is 110 Å². The molecule has 37 heavy (non-hydrogen) atoms. The molecular weight excluding hydrogens is 526 g/mol. The number of ketones is 1. The number of carbonyl (C=O) groups is 3. The zero-order chi connectivity index (χ0) is 27.0. The summed E-state index contributed by atoms with van der Waals surface area (Å²) in [6, 6.07) is -0.482. The van der Waals surface area contributed by atoms with Gasteiger partial charge in [0.05, 0.1) is 85.3 Å². The van der Waals surface area contributed by atoms with Gasteiger partial charge >= 0.3 is 0 Å². The Hall–Kier alpha value is -0.970. The fourth-order valence-corrected chi connectivity index (χ4v) is 4.29. The minimum absolute atomic E-state index is 0.0253. The Labute approximate surface area is 229 Å². The Morgan fingerprint density at radius 2 is 1.51 bits per heavy atom. The van der Waals surface area contributed by atoms with Gasteiger partial charge in [0, 0.05) is 24.0 Å². The zero-order valence-electron chi connectivity index (χ0n) is 21.5. The molecule has 0 radical (unpaired) electrons. The lowest BCUT2D eigenvalue weighted by Crippen LogP contribution is -2.45. The van der Waals surface area contributed by atoms with Gasteiger partial charge in [-0.2, -0.15) is 24.4 Å². The highest BCUT2D eigenvalue weighted by Crippen LogP contribution is 2.15. The molecule has 2 amide bonds. The molecule has 1 fully saturated rings. The van der Waals surface area contributed by atoms with Gasteiger partial charge in [-0.15, -0.1) is 0 Å². The lowest BCUT2D eigenvalue weighted by molar-refractivity contribution is -0.127. The van der Waals surface area contributed by atoms with E-state index >= 15 is 0 Å². The van der Waals surface area contributed by atoms with E-state index < -0.39 is 11.9 Å². The van der Waals surface area contributed by atoms with Crippen LogP contribution in [0.3, 0.4) is 0 Å². The van der Waals surface area contributed by atoms with E-state index in [4.69, 9.17) is 34.2 Å². The Balaban J connectivity index is 1.88. The molecule has 14 heteroatoms. The molecule has 12 nitrogen and oxygen atoms in total. The quantitative estimate of drug-likeness (QED) is 0.0927. The largest absolute Gasteiger partial charge is 0.378 e. The first-order valence-electron chi connectivity index (χ1n) is 12.5. The third kappa shape index (κ3) is 19.7. The van der Waals surface area contributed by atoms with E-state index in [2.05, 4.69) is 23.3 Å². The van der Waals surface area contributed by atoms with Crippen LogP contribution in [0, 0.1) is 5.92 Å². The van der Waals surface area contributed by atoms with Gasteiger partial charge in [0.25, 0.3) is 0 Å². The predicted octanol–water partition coefficient (Wildman–Crippen LogP) is -1.10. The highest BCUT2D eigenvalue weighted by molar-refractivity contribution is 7.99. The summed E-state index contributed by atoms with van der Waals surface area (Å²) < 4.78 is 32.2. The summed E-state index contributed by atoms with van der Waals surface area (Å²) in [5.41, 5.74) is 5.34. The van der Waals surface area contributed by atoms with Crippen LogP contribution in [0.25, 0.3) is 0 Å². The normalized spacial score (nSPS) is 18.7. The summed E-state index contributed by atoms with van der Waals surface area (Å²) in [5.74, 6) is 1.18. The molecule has 0 aromatic heterocycles. The maximum absolute atomic E-state index is 12.4. The number of rotatable bonds is 22. The van der Waals surface area contributed by atoms with E-state index in [9.17, 15) is 14.4 Å². The second kappa shape index (κ2) is 24.1. The maximum atomic E-state index is 12.4. The first-order chi connectivity index (χ1) is 18.0. The van der Waals surface area contributed by atoms with Gasteiger partial charge in [-0.25, -0.2) is 0 Å². The van der Waals surface area contributed by atoms with Gasteiger partial charge in [0.1, 0.15) is 6.61 Å². The van der Waals surface area contributed by atoms with Gasteiger partial charge < -0.3 is 39.5 Å². The molecule has 1 aliphatic rings. The standard InChI is InChI=1S/C23H43N3O9S2/c24-23(29)20-18-37-14-1-19(21(27)15-26-20)16-34-10-8-31-5-4-30-3-2-25-22(28)17-35-11-9-32-6-7-33-12-13-36/h19-20,26,36H,1-18H2,(H2,24,29)(H,25,28). The molecule has 0 aromatic rings. The fourth-order valence-electron chi connectivity index (χ4n) is 3.02. The van der Waals surface area contributed by atoms with E-state index in [0.29, 0.717) is 97.1 Å². The number of hydrogen-bond acceptors (Lipinski definition) is 12. The lowest BCUT2D eigenvalue weighted by atomic mass is 10.0. The molecule has 4 N–H and O–H groups in total. The summed E-state index contributed by atoms with van der Waals surface area (Å²) in [6.45, 7) is 5.06. The lowest BCUT2D eigenvalue weighted by Gasteiger charge is -2.16. The fraction of sp³-hybridized carbons (Fsp3) is 0.870. The first-order valence-corrected chi connectivity index (χ1v) is 14.3. The third-order valence-corrected chi connectivity index (χ3v) is 6.34. The Morgan fingerprint density at radius 1 is 0.919 bits per heavy atom. The summed E-state index contributed by atoms with van der Waals surface area (Å²) in [7, 11) is 0. The van der Waals surface area contributed by atoms with Crippen LogP contribution >= 0.6 is 24.4 Å². The van der Waals surface area contributed by atoms with Crippen LogP contribution in [0.1, 0.15) is 6.42 Å². The molecule has 216 valence electrons. The summed E-state index contributed by atoms with van der Waals surface area (Å²) in [6.07, 6.45) is 0.704. The maximum Gasteiger partial charge on any atom is 0.246 e. The van der Waals surface area contributed by atoms with Crippen molar-refractivity contribution in [1.82, 2.24) is 10.6 Å². The molecule has 0 saturated carbocycles. The van der Waals surface area contributed by atoms with Crippen LogP contribution in [-0.4, -0.2) is 133 Å². The van der Waals surface area contributed by atoms with Gasteiger partial charge in [-0.3, -0.25) is 19.7 Å². The van der Waals surface area contributed by atoms with Crippen LogP contribution in [0.5, 0.6) is 0 Å². The number of ether oxygens (including phenoxy) is 6. The van der Waals surface area contributed by atoms with E-state index in [-0.39, 0.29) is 30.8 Å². The number of amides is 2. The van der Waals surface area contributed by atoms with Crippen LogP contribution < -0.4 is 16.4 Å². The Bertz CT molecular complexity index is 620. The van der Waals surface area contributed by atoms with Crippen LogP contribution in [0.2, 0.25) is 0 Å². The topological polar surface area (TPSA) is 157 Å². The number of primary amides is 1. The molecule has 1 aliphatic heterocycles. The molecule has 1 rings (SSSR count). The third-order valence-electron chi connectivity index (χ3n) is 5.06. The van der Waals surface area contributed by atoms with E-state index in [1.807, 2.05) is 0 Å². The highest BCUT2D eigenvalue weighted by atomic mass is 32.2. The molecule has 0 spiro atoms. The molecule has 0 bridgehead atoms. The SMILES string of the molecule is NC(=O)C1CSCCC(COCCOCCOCCNC(=O)COCCOCCOCCS)C(=O)CN1. The van der Waals surface area contributed by atoms with Crippen LogP contribution in [-0.2, 0) is 42.8 Å². The van der Waals surface area contributed by atoms with Gasteiger partial charge in [-0.1, -0.05) is 0 Å². The molecule has 2 atom stereocenters.